The molecule has 1 aliphatic heterocycles. The number of nitrogens with zero attached hydrogens (tertiary/aromatic N) is 2. The van der Waals surface area contributed by atoms with E-state index in [1.807, 2.05) is 0 Å². The van der Waals surface area contributed by atoms with Crippen LogP contribution in [0.4, 0.5) is 4.39 Å². The lowest BCUT2D eigenvalue weighted by Gasteiger charge is -2.34. The first kappa shape index (κ1) is 17.5. The van der Waals surface area contributed by atoms with Crippen LogP contribution >= 0.6 is 11.6 Å². The van der Waals surface area contributed by atoms with E-state index in [0.717, 1.165) is 5.52 Å². The molecule has 1 aromatic heterocycles. The summed E-state index contributed by atoms with van der Waals surface area (Å²) in [4.78, 5) is 31.7. The molecular formula is C20H17ClFN3O2. The van der Waals surface area contributed by atoms with Crippen molar-refractivity contribution in [2.24, 2.45) is 0 Å². The minimum Gasteiger partial charge on any atom is -0.351 e. The molecule has 0 bridgehead atoms. The summed E-state index contributed by atoms with van der Waals surface area (Å²) in [5.41, 5.74) is 1.68. The number of piperazine rings is 1. The number of nitrogens with one attached hydrogen (secondary N) is 1. The molecule has 138 valence electrons. The van der Waals surface area contributed by atoms with E-state index in [4.69, 9.17) is 11.6 Å². The van der Waals surface area contributed by atoms with Gasteiger partial charge in [0.25, 0.3) is 11.8 Å². The summed E-state index contributed by atoms with van der Waals surface area (Å²) in [6.07, 6.45) is 0. The maximum atomic E-state index is 13.3. The van der Waals surface area contributed by atoms with Crippen LogP contribution in [0.5, 0.6) is 0 Å². The number of aromatic nitrogens is 1. The van der Waals surface area contributed by atoms with Gasteiger partial charge in [-0.2, -0.15) is 0 Å². The van der Waals surface area contributed by atoms with Crippen LogP contribution in [0.1, 0.15) is 20.8 Å². The summed E-state index contributed by atoms with van der Waals surface area (Å²) >= 11 is 5.95. The van der Waals surface area contributed by atoms with Crippen LogP contribution in [0.15, 0.2) is 48.5 Å². The zero-order valence-corrected chi connectivity index (χ0v) is 15.2. The number of H-pyrrole nitrogens is 1. The number of fused-ring (bicyclic) bond motifs is 1. The molecule has 1 N–H and O–H groups in total. The number of halogens is 2. The lowest BCUT2D eigenvalue weighted by Crippen LogP contribution is -2.50. The van der Waals surface area contributed by atoms with Crippen molar-refractivity contribution >= 4 is 34.3 Å². The Kier molecular flexibility index (Phi) is 4.58. The van der Waals surface area contributed by atoms with Gasteiger partial charge in [-0.3, -0.25) is 9.59 Å². The fourth-order valence-corrected chi connectivity index (χ4v) is 3.50. The van der Waals surface area contributed by atoms with E-state index in [2.05, 4.69) is 4.98 Å². The zero-order chi connectivity index (χ0) is 19.0. The maximum absolute atomic E-state index is 13.3. The molecule has 7 heteroatoms. The van der Waals surface area contributed by atoms with Gasteiger partial charge in [0.15, 0.2) is 0 Å². The van der Waals surface area contributed by atoms with E-state index in [9.17, 15) is 14.0 Å². The van der Waals surface area contributed by atoms with Crippen molar-refractivity contribution in [2.75, 3.05) is 26.2 Å². The van der Waals surface area contributed by atoms with Crippen LogP contribution in [-0.4, -0.2) is 52.8 Å². The van der Waals surface area contributed by atoms with Crippen LogP contribution in [-0.2, 0) is 0 Å². The van der Waals surface area contributed by atoms with Crippen molar-refractivity contribution in [3.63, 3.8) is 0 Å². The van der Waals surface area contributed by atoms with Gasteiger partial charge in [-0.05, 0) is 42.5 Å². The predicted molar refractivity (Wildman–Crippen MR) is 102 cm³/mol. The van der Waals surface area contributed by atoms with E-state index >= 15 is 0 Å². The van der Waals surface area contributed by atoms with Gasteiger partial charge < -0.3 is 14.8 Å². The van der Waals surface area contributed by atoms with Crippen LogP contribution < -0.4 is 0 Å². The maximum Gasteiger partial charge on any atom is 0.270 e. The quantitative estimate of drug-likeness (QED) is 0.733. The topological polar surface area (TPSA) is 56.4 Å². The largest absolute Gasteiger partial charge is 0.351 e. The van der Waals surface area contributed by atoms with Gasteiger partial charge in [0.05, 0.1) is 0 Å². The lowest BCUT2D eigenvalue weighted by atomic mass is 10.1. The Labute approximate surface area is 160 Å². The Morgan fingerprint density at radius 3 is 2.33 bits per heavy atom. The van der Waals surface area contributed by atoms with Crippen molar-refractivity contribution in [1.82, 2.24) is 14.8 Å². The van der Waals surface area contributed by atoms with Crippen molar-refractivity contribution in [3.8, 4) is 0 Å². The molecule has 2 heterocycles. The SMILES string of the molecule is O=C(c1cccc(Cl)c1)N1CCN(C(=O)c2cc3cc(F)ccc3[nH]2)CC1. The first-order valence-corrected chi connectivity index (χ1v) is 9.01. The Morgan fingerprint density at radius 1 is 0.926 bits per heavy atom. The second kappa shape index (κ2) is 7.04. The molecule has 1 aliphatic rings. The van der Waals surface area contributed by atoms with E-state index in [-0.39, 0.29) is 17.6 Å². The lowest BCUT2D eigenvalue weighted by molar-refractivity contribution is 0.0533. The molecule has 2 aromatic carbocycles. The average molecular weight is 386 g/mol. The smallest absolute Gasteiger partial charge is 0.270 e. The van der Waals surface area contributed by atoms with Crippen LogP contribution in [0.3, 0.4) is 0 Å². The van der Waals surface area contributed by atoms with Crippen molar-refractivity contribution in [1.29, 1.82) is 0 Å². The molecule has 4 rings (SSSR count). The van der Waals surface area contributed by atoms with Crippen molar-refractivity contribution in [3.05, 3.63) is 70.6 Å². The molecule has 1 fully saturated rings. The van der Waals surface area contributed by atoms with Gasteiger partial charge in [0.1, 0.15) is 11.5 Å². The minimum absolute atomic E-state index is 0.0920. The Hall–Kier alpha value is -2.86. The molecule has 0 unspecified atom stereocenters. The number of hydrogen-bond donors (Lipinski definition) is 1. The van der Waals surface area contributed by atoms with Gasteiger partial charge >= 0.3 is 0 Å². The molecule has 0 spiro atoms. The number of hydrogen-bond acceptors (Lipinski definition) is 2. The predicted octanol–water partition coefficient (Wildman–Crippen LogP) is 3.56. The van der Waals surface area contributed by atoms with Gasteiger partial charge in [-0.1, -0.05) is 17.7 Å². The minimum atomic E-state index is -0.339. The van der Waals surface area contributed by atoms with Gasteiger partial charge in [-0.25, -0.2) is 4.39 Å². The Balaban J connectivity index is 1.43. The number of carbonyl (C=O) groups excluding carboxylic acids is 2. The highest BCUT2D eigenvalue weighted by Crippen LogP contribution is 2.19. The van der Waals surface area contributed by atoms with E-state index in [1.165, 1.54) is 12.1 Å². The summed E-state index contributed by atoms with van der Waals surface area (Å²) in [5, 5.41) is 1.18. The Morgan fingerprint density at radius 2 is 1.63 bits per heavy atom. The molecule has 1 saturated heterocycles. The zero-order valence-electron chi connectivity index (χ0n) is 14.4. The number of amides is 2. The van der Waals surface area contributed by atoms with Gasteiger partial charge in [-0.15, -0.1) is 0 Å². The van der Waals surface area contributed by atoms with Gasteiger partial charge in [0, 0.05) is 47.7 Å². The third kappa shape index (κ3) is 3.53. The summed E-state index contributed by atoms with van der Waals surface area (Å²) < 4.78 is 13.3. The summed E-state index contributed by atoms with van der Waals surface area (Å²) in [7, 11) is 0. The summed E-state index contributed by atoms with van der Waals surface area (Å²) in [5.74, 6) is -0.583. The number of benzene rings is 2. The van der Waals surface area contributed by atoms with Crippen LogP contribution in [0.25, 0.3) is 10.9 Å². The number of carbonyl (C=O) groups is 2. The van der Waals surface area contributed by atoms with Crippen molar-refractivity contribution < 1.29 is 14.0 Å². The number of rotatable bonds is 2. The molecule has 0 atom stereocenters. The number of aromatic amines is 1. The molecule has 0 saturated carbocycles. The molecule has 5 nitrogen and oxygen atoms in total. The fourth-order valence-electron chi connectivity index (χ4n) is 3.31. The Bertz CT molecular complexity index is 1020. The third-order valence-corrected chi connectivity index (χ3v) is 4.97. The van der Waals surface area contributed by atoms with Gasteiger partial charge in [0.2, 0.25) is 0 Å². The highest BCUT2D eigenvalue weighted by Gasteiger charge is 2.26. The normalized spacial score (nSPS) is 14.6. The third-order valence-electron chi connectivity index (χ3n) is 4.74. The summed E-state index contributed by atoms with van der Waals surface area (Å²) in [6, 6.07) is 12.9. The first-order chi connectivity index (χ1) is 13.0. The highest BCUT2D eigenvalue weighted by molar-refractivity contribution is 6.30. The monoisotopic (exact) mass is 385 g/mol. The van der Waals surface area contributed by atoms with E-state index in [1.54, 1.807) is 46.2 Å². The molecule has 0 aliphatic carbocycles. The van der Waals surface area contributed by atoms with Crippen LogP contribution in [0.2, 0.25) is 5.02 Å². The second-order valence-electron chi connectivity index (χ2n) is 6.51. The van der Waals surface area contributed by atoms with Crippen LogP contribution in [0, 0.1) is 5.82 Å². The van der Waals surface area contributed by atoms with E-state index in [0.29, 0.717) is 47.8 Å². The average Bonchev–Trinajstić information content (AvgIpc) is 3.10. The molecule has 0 radical (unpaired) electrons. The molecule has 27 heavy (non-hydrogen) atoms. The molecular weight excluding hydrogens is 369 g/mol. The molecule has 3 aromatic rings. The standard InChI is InChI=1S/C20H17ClFN3O2/c21-15-3-1-2-13(10-15)19(26)24-6-8-25(9-7-24)20(27)18-12-14-11-16(22)4-5-17(14)23-18/h1-5,10-12,23H,6-9H2. The summed E-state index contributed by atoms with van der Waals surface area (Å²) in [6.45, 7) is 1.78. The fraction of sp³-hybridized carbons (Fsp3) is 0.200. The van der Waals surface area contributed by atoms with Crippen molar-refractivity contribution in [2.45, 2.75) is 0 Å². The second-order valence-corrected chi connectivity index (χ2v) is 6.95. The highest BCUT2D eigenvalue weighted by atomic mass is 35.5. The van der Waals surface area contributed by atoms with E-state index < -0.39 is 0 Å². The first-order valence-electron chi connectivity index (χ1n) is 8.64. The molecule has 2 amide bonds.